The van der Waals surface area contributed by atoms with Crippen LogP contribution in [0.1, 0.15) is 11.4 Å². The summed E-state index contributed by atoms with van der Waals surface area (Å²) in [7, 11) is 2.13. The first-order valence-electron chi connectivity index (χ1n) is 7.27. The maximum absolute atomic E-state index is 5.88. The summed E-state index contributed by atoms with van der Waals surface area (Å²) in [6.45, 7) is 3.95. The van der Waals surface area contributed by atoms with Gasteiger partial charge in [0.05, 0.1) is 0 Å². The average molecular weight is 316 g/mol. The van der Waals surface area contributed by atoms with Crippen LogP contribution in [0.25, 0.3) is 12.2 Å². The van der Waals surface area contributed by atoms with E-state index in [1.54, 1.807) is 6.33 Å². The quantitative estimate of drug-likeness (QED) is 0.870. The number of rotatable bonds is 3. The van der Waals surface area contributed by atoms with Crippen LogP contribution in [0.5, 0.6) is 0 Å². The third-order valence-electron chi connectivity index (χ3n) is 3.66. The lowest BCUT2D eigenvalue weighted by molar-refractivity contribution is 0.311. The molecule has 0 aliphatic carbocycles. The zero-order valence-electron chi connectivity index (χ0n) is 12.5. The van der Waals surface area contributed by atoms with Gasteiger partial charge in [-0.2, -0.15) is 4.98 Å². The second-order valence-corrected chi connectivity index (χ2v) is 5.76. The summed E-state index contributed by atoms with van der Waals surface area (Å²) in [5.74, 6) is 1.41. The minimum atomic E-state index is 0.666. The summed E-state index contributed by atoms with van der Waals surface area (Å²) in [4.78, 5) is 17.5. The maximum Gasteiger partial charge on any atom is 0.228 e. The van der Waals surface area contributed by atoms with Gasteiger partial charge in [0.15, 0.2) is 5.82 Å². The van der Waals surface area contributed by atoms with Crippen LogP contribution >= 0.6 is 11.6 Å². The van der Waals surface area contributed by atoms with Crippen molar-refractivity contribution in [3.8, 4) is 0 Å². The zero-order valence-corrected chi connectivity index (χ0v) is 13.2. The SMILES string of the molecule is CN1CCN(c2ncnc(C=Cc3ccc(Cl)cc3)n2)CC1. The molecule has 1 aliphatic rings. The van der Waals surface area contributed by atoms with Crippen LogP contribution in [0.3, 0.4) is 0 Å². The molecule has 0 spiro atoms. The lowest BCUT2D eigenvalue weighted by atomic mass is 10.2. The third kappa shape index (κ3) is 3.81. The van der Waals surface area contributed by atoms with Gasteiger partial charge in [-0.25, -0.2) is 9.97 Å². The van der Waals surface area contributed by atoms with Crippen LogP contribution in [0, 0.1) is 0 Å². The summed E-state index contributed by atoms with van der Waals surface area (Å²) in [6, 6.07) is 7.65. The minimum Gasteiger partial charge on any atom is -0.338 e. The standard InChI is InChI=1S/C16H18ClN5/c1-21-8-10-22(11-9-21)16-19-12-18-15(20-16)7-4-13-2-5-14(17)6-3-13/h2-7,12H,8-11H2,1H3. The molecule has 1 saturated heterocycles. The molecule has 0 amide bonds. The molecule has 2 heterocycles. The molecule has 1 aliphatic heterocycles. The number of hydrogen-bond acceptors (Lipinski definition) is 5. The molecule has 0 atom stereocenters. The monoisotopic (exact) mass is 315 g/mol. The van der Waals surface area contributed by atoms with Crippen LogP contribution in [-0.4, -0.2) is 53.1 Å². The molecule has 6 heteroatoms. The molecule has 2 aromatic rings. The van der Waals surface area contributed by atoms with E-state index >= 15 is 0 Å². The summed E-state index contributed by atoms with van der Waals surface area (Å²) in [5.41, 5.74) is 1.06. The first-order chi connectivity index (χ1) is 10.7. The van der Waals surface area contributed by atoms with Gasteiger partial charge >= 0.3 is 0 Å². The first kappa shape index (κ1) is 14.9. The molecule has 5 nitrogen and oxygen atoms in total. The molecule has 0 bridgehead atoms. The largest absolute Gasteiger partial charge is 0.338 e. The van der Waals surface area contributed by atoms with E-state index in [2.05, 4.69) is 31.8 Å². The van der Waals surface area contributed by atoms with E-state index in [1.165, 1.54) is 0 Å². The van der Waals surface area contributed by atoms with E-state index < -0.39 is 0 Å². The van der Waals surface area contributed by atoms with E-state index in [1.807, 2.05) is 36.4 Å². The van der Waals surface area contributed by atoms with Crippen LogP contribution in [0.15, 0.2) is 30.6 Å². The molecule has 3 rings (SSSR count). The topological polar surface area (TPSA) is 45.2 Å². The Hall–Kier alpha value is -1.98. The van der Waals surface area contributed by atoms with Crippen LogP contribution in [0.4, 0.5) is 5.95 Å². The first-order valence-corrected chi connectivity index (χ1v) is 7.65. The van der Waals surface area contributed by atoms with Gasteiger partial charge in [0, 0.05) is 31.2 Å². The number of hydrogen-bond donors (Lipinski definition) is 0. The number of aromatic nitrogens is 3. The predicted molar refractivity (Wildman–Crippen MR) is 89.9 cm³/mol. The Morgan fingerprint density at radius 3 is 2.45 bits per heavy atom. The Morgan fingerprint density at radius 2 is 1.73 bits per heavy atom. The number of nitrogens with zero attached hydrogens (tertiary/aromatic N) is 5. The summed E-state index contributed by atoms with van der Waals surface area (Å²) < 4.78 is 0. The van der Waals surface area contributed by atoms with Gasteiger partial charge in [-0.05, 0) is 30.8 Å². The lowest BCUT2D eigenvalue weighted by Crippen LogP contribution is -2.45. The van der Waals surface area contributed by atoms with Crippen LogP contribution in [0.2, 0.25) is 5.02 Å². The van der Waals surface area contributed by atoms with Gasteiger partial charge in [-0.15, -0.1) is 0 Å². The minimum absolute atomic E-state index is 0.666. The smallest absolute Gasteiger partial charge is 0.228 e. The highest BCUT2D eigenvalue weighted by atomic mass is 35.5. The fourth-order valence-electron chi connectivity index (χ4n) is 2.28. The van der Waals surface area contributed by atoms with Gasteiger partial charge in [0.25, 0.3) is 0 Å². The molecule has 0 unspecified atom stereocenters. The highest BCUT2D eigenvalue weighted by molar-refractivity contribution is 6.30. The predicted octanol–water partition coefficient (Wildman–Crippen LogP) is 2.45. The van der Waals surface area contributed by atoms with Crippen molar-refractivity contribution in [3.05, 3.63) is 47.0 Å². The third-order valence-corrected chi connectivity index (χ3v) is 3.91. The molecule has 0 radical (unpaired) electrons. The highest BCUT2D eigenvalue weighted by Gasteiger charge is 2.16. The van der Waals surface area contributed by atoms with Crippen molar-refractivity contribution in [1.82, 2.24) is 19.9 Å². The van der Waals surface area contributed by atoms with Crippen molar-refractivity contribution in [3.63, 3.8) is 0 Å². The molecule has 114 valence electrons. The normalized spacial score (nSPS) is 16.4. The van der Waals surface area contributed by atoms with Crippen LogP contribution < -0.4 is 4.90 Å². The Balaban J connectivity index is 1.72. The molecular formula is C16H18ClN5. The average Bonchev–Trinajstić information content (AvgIpc) is 2.55. The summed E-state index contributed by atoms with van der Waals surface area (Å²) in [5, 5.41) is 0.731. The summed E-state index contributed by atoms with van der Waals surface area (Å²) >= 11 is 5.88. The van der Waals surface area contributed by atoms with Crippen molar-refractivity contribution in [2.24, 2.45) is 0 Å². The van der Waals surface area contributed by atoms with E-state index in [4.69, 9.17) is 11.6 Å². The Labute approximate surface area is 135 Å². The molecule has 1 aromatic heterocycles. The second-order valence-electron chi connectivity index (χ2n) is 5.32. The van der Waals surface area contributed by atoms with E-state index in [9.17, 15) is 0 Å². The molecular weight excluding hydrogens is 298 g/mol. The van der Waals surface area contributed by atoms with E-state index in [-0.39, 0.29) is 0 Å². The lowest BCUT2D eigenvalue weighted by Gasteiger charge is -2.32. The molecule has 0 saturated carbocycles. The number of likely N-dealkylation sites (N-methyl/N-ethyl adjacent to an activating group) is 1. The Morgan fingerprint density at radius 1 is 1.00 bits per heavy atom. The highest BCUT2D eigenvalue weighted by Crippen LogP contribution is 2.13. The second kappa shape index (κ2) is 6.85. The Bertz CT molecular complexity index is 648. The van der Waals surface area contributed by atoms with Crippen molar-refractivity contribution in [2.75, 3.05) is 38.1 Å². The van der Waals surface area contributed by atoms with Crippen molar-refractivity contribution < 1.29 is 0 Å². The zero-order chi connectivity index (χ0) is 15.4. The number of piperazine rings is 1. The number of benzene rings is 1. The molecule has 22 heavy (non-hydrogen) atoms. The molecule has 1 aromatic carbocycles. The van der Waals surface area contributed by atoms with Gasteiger partial charge in [-0.3, -0.25) is 0 Å². The number of anilines is 1. The molecule has 1 fully saturated rings. The fourth-order valence-corrected chi connectivity index (χ4v) is 2.41. The Kier molecular flexibility index (Phi) is 4.65. The van der Waals surface area contributed by atoms with Crippen molar-refractivity contribution >= 4 is 29.7 Å². The summed E-state index contributed by atoms with van der Waals surface area (Å²) in [6.07, 6.45) is 5.44. The van der Waals surface area contributed by atoms with Gasteiger partial charge < -0.3 is 9.80 Å². The van der Waals surface area contributed by atoms with Gasteiger partial charge in [0.1, 0.15) is 6.33 Å². The van der Waals surface area contributed by atoms with Crippen molar-refractivity contribution in [1.29, 1.82) is 0 Å². The fraction of sp³-hybridized carbons (Fsp3) is 0.312. The van der Waals surface area contributed by atoms with Gasteiger partial charge in [-0.1, -0.05) is 29.8 Å². The van der Waals surface area contributed by atoms with E-state index in [0.29, 0.717) is 5.82 Å². The van der Waals surface area contributed by atoms with Crippen LogP contribution in [-0.2, 0) is 0 Å². The maximum atomic E-state index is 5.88. The number of halogens is 1. The molecule has 0 N–H and O–H groups in total. The van der Waals surface area contributed by atoms with Gasteiger partial charge in [0.2, 0.25) is 5.95 Å². The van der Waals surface area contributed by atoms with E-state index in [0.717, 1.165) is 42.7 Å². The van der Waals surface area contributed by atoms with Crippen molar-refractivity contribution in [2.45, 2.75) is 0 Å².